The molecule has 2 aliphatic rings. The Balaban J connectivity index is 1.43. The molecule has 0 bridgehead atoms. The van der Waals surface area contributed by atoms with Gasteiger partial charge in [-0.2, -0.15) is 0 Å². The average molecular weight is 581 g/mol. The minimum absolute atomic E-state index is 0.0989. The first-order chi connectivity index (χ1) is 20.1. The molecular formula is C31H41FN6O4. The van der Waals surface area contributed by atoms with E-state index in [1.807, 2.05) is 41.7 Å². The molecule has 0 atom stereocenters. The largest absolute Gasteiger partial charge is 0.494 e. The highest BCUT2D eigenvalue weighted by Crippen LogP contribution is 2.45. The number of hydrogen-bond donors (Lipinski definition) is 1. The van der Waals surface area contributed by atoms with Crippen LogP contribution in [-0.4, -0.2) is 78.6 Å². The fraction of sp³-hybridized carbons (Fsp3) is 0.548. The Bertz CT molecular complexity index is 1410. The predicted molar refractivity (Wildman–Crippen MR) is 158 cm³/mol. The van der Waals surface area contributed by atoms with Gasteiger partial charge in [0, 0.05) is 37.2 Å². The Kier molecular flexibility index (Phi) is 8.68. The lowest BCUT2D eigenvalue weighted by atomic mass is 9.72. The number of anilines is 1. The molecule has 1 spiro atoms. The number of nitrogens with one attached hydrogen (secondary N) is 1. The summed E-state index contributed by atoms with van der Waals surface area (Å²) in [5.74, 6) is 1.85. The van der Waals surface area contributed by atoms with Crippen molar-refractivity contribution in [1.82, 2.24) is 25.3 Å². The molecule has 11 heteroatoms. The standard InChI is InChI=1S/C31H41FN6O4/c1-19(2)41-30(39)37-13-10-31(11-14-37)17-38(18-31)29-20(3)27(26-21(4)36-42-22(26)5)34-28(35-29)24-16-23(8-9-25(24)32)40-15-7-12-33-6/h8-9,16,19,33H,7,10-15,17-18H2,1-6H3. The summed E-state index contributed by atoms with van der Waals surface area (Å²) >= 11 is 0. The molecular weight excluding hydrogens is 539 g/mol. The number of ether oxygens (including phenoxy) is 2. The van der Waals surface area contributed by atoms with Crippen molar-refractivity contribution >= 4 is 11.9 Å². The summed E-state index contributed by atoms with van der Waals surface area (Å²) in [5, 5.41) is 7.24. The number of rotatable bonds is 9. The zero-order valence-corrected chi connectivity index (χ0v) is 25.4. The molecule has 2 aliphatic heterocycles. The number of aromatic nitrogens is 3. The predicted octanol–water partition coefficient (Wildman–Crippen LogP) is 5.30. The number of halogens is 1. The highest BCUT2D eigenvalue weighted by Gasteiger charge is 2.47. The molecule has 4 heterocycles. The fourth-order valence-electron chi connectivity index (χ4n) is 5.87. The lowest BCUT2D eigenvalue weighted by Gasteiger charge is -2.54. The third kappa shape index (κ3) is 6.06. The van der Waals surface area contributed by atoms with Crippen molar-refractivity contribution < 1.29 is 23.2 Å². The topological polar surface area (TPSA) is 106 Å². The molecule has 0 aliphatic carbocycles. The summed E-state index contributed by atoms with van der Waals surface area (Å²) in [6.45, 7) is 13.7. The fourth-order valence-corrected chi connectivity index (χ4v) is 5.87. The Morgan fingerprint density at radius 2 is 1.90 bits per heavy atom. The number of carbonyl (C=O) groups excluding carboxylic acids is 1. The number of carbonyl (C=O) groups is 1. The minimum Gasteiger partial charge on any atom is -0.494 e. The molecule has 42 heavy (non-hydrogen) atoms. The van der Waals surface area contributed by atoms with Gasteiger partial charge in [-0.15, -0.1) is 0 Å². The van der Waals surface area contributed by atoms with Crippen molar-refractivity contribution in [3.05, 3.63) is 41.0 Å². The average Bonchev–Trinajstić information content (AvgIpc) is 3.28. The first-order valence-electron chi connectivity index (χ1n) is 14.7. The van der Waals surface area contributed by atoms with Gasteiger partial charge >= 0.3 is 6.09 Å². The van der Waals surface area contributed by atoms with E-state index in [1.165, 1.54) is 6.07 Å². The van der Waals surface area contributed by atoms with Gasteiger partial charge < -0.3 is 29.1 Å². The first-order valence-corrected chi connectivity index (χ1v) is 14.7. The van der Waals surface area contributed by atoms with Crippen molar-refractivity contribution in [2.75, 3.05) is 51.3 Å². The van der Waals surface area contributed by atoms with Crippen LogP contribution in [0.2, 0.25) is 0 Å². The van der Waals surface area contributed by atoms with Gasteiger partial charge in [0.2, 0.25) is 0 Å². The van der Waals surface area contributed by atoms with Crippen LogP contribution >= 0.6 is 0 Å². The van der Waals surface area contributed by atoms with E-state index in [9.17, 15) is 4.79 Å². The maximum absolute atomic E-state index is 15.3. The highest BCUT2D eigenvalue weighted by molar-refractivity contribution is 5.75. The van der Waals surface area contributed by atoms with E-state index < -0.39 is 5.82 Å². The number of nitrogens with zero attached hydrogens (tertiary/aromatic N) is 5. The summed E-state index contributed by atoms with van der Waals surface area (Å²) in [4.78, 5) is 26.2. The van der Waals surface area contributed by atoms with E-state index in [4.69, 9.17) is 24.0 Å². The lowest BCUT2D eigenvalue weighted by Crippen LogP contribution is -2.61. The molecule has 3 aromatic rings. The Hall–Kier alpha value is -3.73. The molecule has 1 aromatic carbocycles. The lowest BCUT2D eigenvalue weighted by molar-refractivity contribution is 0.0396. The van der Waals surface area contributed by atoms with Gasteiger partial charge in [-0.1, -0.05) is 5.16 Å². The van der Waals surface area contributed by atoms with Crippen LogP contribution in [0.25, 0.3) is 22.6 Å². The van der Waals surface area contributed by atoms with E-state index in [0.717, 1.165) is 55.8 Å². The van der Waals surface area contributed by atoms with Gasteiger partial charge in [0.1, 0.15) is 23.1 Å². The van der Waals surface area contributed by atoms with Crippen LogP contribution in [0.4, 0.5) is 15.0 Å². The minimum atomic E-state index is -0.419. The van der Waals surface area contributed by atoms with E-state index in [0.29, 0.717) is 42.6 Å². The number of likely N-dealkylation sites (tertiary alicyclic amines) is 1. The van der Waals surface area contributed by atoms with Crippen molar-refractivity contribution in [3.8, 4) is 28.4 Å². The number of hydrogen-bond acceptors (Lipinski definition) is 9. The zero-order valence-electron chi connectivity index (χ0n) is 25.4. The van der Waals surface area contributed by atoms with Crippen LogP contribution in [-0.2, 0) is 4.74 Å². The summed E-state index contributed by atoms with van der Waals surface area (Å²) in [5.41, 5.74) is 3.46. The van der Waals surface area contributed by atoms with Gasteiger partial charge in [-0.3, -0.25) is 0 Å². The van der Waals surface area contributed by atoms with Gasteiger partial charge in [-0.05, 0) is 85.7 Å². The van der Waals surface area contributed by atoms with E-state index in [2.05, 4.69) is 15.4 Å². The van der Waals surface area contributed by atoms with Crippen LogP contribution in [0, 0.1) is 32.0 Å². The van der Waals surface area contributed by atoms with Crippen molar-refractivity contribution in [2.24, 2.45) is 5.41 Å². The van der Waals surface area contributed by atoms with Crippen LogP contribution in [0.1, 0.15) is 50.1 Å². The summed E-state index contributed by atoms with van der Waals surface area (Å²) in [6, 6.07) is 4.70. The quantitative estimate of drug-likeness (QED) is 0.338. The monoisotopic (exact) mass is 580 g/mol. The van der Waals surface area contributed by atoms with Gasteiger partial charge in [0.05, 0.1) is 35.2 Å². The molecule has 5 rings (SSSR count). The van der Waals surface area contributed by atoms with Crippen molar-refractivity contribution in [2.45, 2.75) is 60.0 Å². The maximum Gasteiger partial charge on any atom is 0.410 e. The molecule has 2 aromatic heterocycles. The normalized spacial score (nSPS) is 16.2. The van der Waals surface area contributed by atoms with Crippen LogP contribution in [0.15, 0.2) is 22.7 Å². The molecule has 0 unspecified atom stereocenters. The second-order valence-electron chi connectivity index (χ2n) is 11.8. The van der Waals surface area contributed by atoms with Gasteiger partial charge in [0.25, 0.3) is 0 Å². The summed E-state index contributed by atoms with van der Waals surface area (Å²) in [7, 11) is 1.89. The molecule has 1 amide bonds. The summed E-state index contributed by atoms with van der Waals surface area (Å²) in [6.07, 6.45) is 2.24. The molecule has 0 radical (unpaired) electrons. The van der Waals surface area contributed by atoms with Crippen molar-refractivity contribution in [1.29, 1.82) is 0 Å². The van der Waals surface area contributed by atoms with Crippen LogP contribution in [0.3, 0.4) is 0 Å². The molecule has 226 valence electrons. The van der Waals surface area contributed by atoms with Crippen LogP contribution < -0.4 is 15.0 Å². The van der Waals surface area contributed by atoms with Crippen molar-refractivity contribution in [3.63, 3.8) is 0 Å². The van der Waals surface area contributed by atoms with Crippen LogP contribution in [0.5, 0.6) is 5.75 Å². The molecule has 2 fully saturated rings. The van der Waals surface area contributed by atoms with E-state index >= 15 is 4.39 Å². The third-order valence-corrected chi connectivity index (χ3v) is 8.18. The van der Waals surface area contributed by atoms with Gasteiger partial charge in [0.15, 0.2) is 5.82 Å². The smallest absolute Gasteiger partial charge is 0.410 e. The number of amides is 1. The molecule has 2 saturated heterocycles. The Morgan fingerprint density at radius 3 is 2.55 bits per heavy atom. The second kappa shape index (κ2) is 12.2. The first kappa shape index (κ1) is 29.8. The third-order valence-electron chi connectivity index (χ3n) is 8.18. The number of piperidine rings is 1. The van der Waals surface area contributed by atoms with E-state index in [1.54, 1.807) is 17.0 Å². The Morgan fingerprint density at radius 1 is 1.17 bits per heavy atom. The second-order valence-corrected chi connectivity index (χ2v) is 11.8. The number of benzene rings is 1. The highest BCUT2D eigenvalue weighted by atomic mass is 19.1. The number of aryl methyl sites for hydroxylation is 2. The SMILES string of the molecule is CNCCCOc1ccc(F)c(-c2nc(-c3c(C)noc3C)c(C)c(N3CC4(CCN(C(=O)OC(C)C)CC4)C3)n2)c1. The molecule has 0 saturated carbocycles. The maximum atomic E-state index is 15.3. The summed E-state index contributed by atoms with van der Waals surface area (Å²) < 4.78 is 32.1. The zero-order chi connectivity index (χ0) is 30.0. The Labute approximate surface area is 246 Å². The van der Waals surface area contributed by atoms with E-state index in [-0.39, 0.29) is 29.0 Å². The molecule has 10 nitrogen and oxygen atoms in total. The molecule has 1 N–H and O–H groups in total. The van der Waals surface area contributed by atoms with Gasteiger partial charge in [-0.25, -0.2) is 19.2 Å².